The second-order valence-electron chi connectivity index (χ2n) is 4.81. The van der Waals surface area contributed by atoms with Crippen molar-refractivity contribution in [3.05, 3.63) is 24.3 Å². The first kappa shape index (κ1) is 10.2. The van der Waals surface area contributed by atoms with Crippen LogP contribution in [0.1, 0.15) is 31.4 Å². The molecule has 2 aliphatic rings. The third-order valence-electron chi connectivity index (χ3n) is 3.95. The minimum Gasteiger partial charge on any atom is -0.382 e. The highest BCUT2D eigenvalue weighted by Crippen LogP contribution is 2.40. The summed E-state index contributed by atoms with van der Waals surface area (Å²) in [5, 5.41) is 10.8. The summed E-state index contributed by atoms with van der Waals surface area (Å²) in [5.41, 5.74) is -0.0290. The van der Waals surface area contributed by atoms with Gasteiger partial charge in [-0.05, 0) is 25.8 Å². The van der Waals surface area contributed by atoms with Crippen LogP contribution in [-0.4, -0.2) is 39.1 Å². The molecule has 0 radical (unpaired) electrons. The van der Waals surface area contributed by atoms with E-state index in [2.05, 4.69) is 14.9 Å². The Morgan fingerprint density at radius 3 is 3.06 bits per heavy atom. The van der Waals surface area contributed by atoms with Gasteiger partial charge in [-0.2, -0.15) is 0 Å². The Labute approximate surface area is 95.3 Å². The minimum absolute atomic E-state index is 0.248. The second kappa shape index (κ2) is 3.79. The predicted molar refractivity (Wildman–Crippen MR) is 59.8 cm³/mol. The van der Waals surface area contributed by atoms with Crippen LogP contribution in [0.4, 0.5) is 0 Å². The molecule has 4 heteroatoms. The van der Waals surface area contributed by atoms with Gasteiger partial charge in [-0.1, -0.05) is 6.42 Å². The number of rotatable bonds is 1. The summed E-state index contributed by atoms with van der Waals surface area (Å²) in [6.45, 7) is 2.10. The molecule has 0 saturated carbocycles. The van der Waals surface area contributed by atoms with Gasteiger partial charge in [-0.3, -0.25) is 14.9 Å². The lowest BCUT2D eigenvalue weighted by molar-refractivity contribution is -0.0175. The van der Waals surface area contributed by atoms with Crippen LogP contribution in [-0.2, 0) is 5.60 Å². The van der Waals surface area contributed by atoms with Gasteiger partial charge in [0.1, 0.15) is 5.60 Å². The van der Waals surface area contributed by atoms with E-state index in [-0.39, 0.29) is 6.04 Å². The molecule has 2 aliphatic heterocycles. The van der Waals surface area contributed by atoms with Gasteiger partial charge in [-0.25, -0.2) is 0 Å². The van der Waals surface area contributed by atoms with E-state index in [1.54, 1.807) is 18.6 Å². The van der Waals surface area contributed by atoms with Crippen molar-refractivity contribution < 1.29 is 5.11 Å². The molecule has 4 nitrogen and oxygen atoms in total. The standard InChI is InChI=1S/C12H17N3O/c16-12(10-9-13-5-6-14-10)4-8-15-7-2-1-3-11(12)15/h5-6,9,11,16H,1-4,7-8H2. The number of piperidine rings is 1. The fraction of sp³-hybridized carbons (Fsp3) is 0.667. The summed E-state index contributed by atoms with van der Waals surface area (Å²) in [6, 6.07) is 0.248. The van der Waals surface area contributed by atoms with E-state index < -0.39 is 5.60 Å². The van der Waals surface area contributed by atoms with Crippen molar-refractivity contribution >= 4 is 0 Å². The van der Waals surface area contributed by atoms with Crippen molar-refractivity contribution in [1.29, 1.82) is 0 Å². The Hall–Kier alpha value is -1.00. The SMILES string of the molecule is OC1(c2cnccn2)CCN2CCCCC21. The lowest BCUT2D eigenvalue weighted by Gasteiger charge is -2.36. The maximum atomic E-state index is 10.8. The average molecular weight is 219 g/mol. The molecule has 0 aliphatic carbocycles. The molecule has 2 fully saturated rings. The van der Waals surface area contributed by atoms with E-state index in [1.165, 1.54) is 12.8 Å². The number of nitrogens with zero attached hydrogens (tertiary/aromatic N) is 3. The van der Waals surface area contributed by atoms with Gasteiger partial charge in [-0.15, -0.1) is 0 Å². The van der Waals surface area contributed by atoms with Gasteiger partial charge in [0.05, 0.1) is 11.9 Å². The number of fused-ring (bicyclic) bond motifs is 1. The molecule has 3 heterocycles. The van der Waals surface area contributed by atoms with Gasteiger partial charge in [0.15, 0.2) is 0 Å². The molecule has 3 rings (SSSR count). The molecule has 2 unspecified atom stereocenters. The quantitative estimate of drug-likeness (QED) is 0.763. The highest BCUT2D eigenvalue weighted by molar-refractivity contribution is 5.16. The first-order valence-corrected chi connectivity index (χ1v) is 6.03. The van der Waals surface area contributed by atoms with Gasteiger partial charge in [0.2, 0.25) is 0 Å². The fourth-order valence-electron chi connectivity index (χ4n) is 3.10. The van der Waals surface area contributed by atoms with Crippen LogP contribution in [0.2, 0.25) is 0 Å². The molecule has 0 aromatic carbocycles. The topological polar surface area (TPSA) is 49.3 Å². The monoisotopic (exact) mass is 219 g/mol. The molecule has 86 valence electrons. The van der Waals surface area contributed by atoms with E-state index in [9.17, 15) is 5.11 Å². The van der Waals surface area contributed by atoms with Gasteiger partial charge in [0, 0.05) is 25.0 Å². The molecular weight excluding hydrogens is 202 g/mol. The zero-order valence-electron chi connectivity index (χ0n) is 9.34. The lowest BCUT2D eigenvalue weighted by atomic mass is 9.86. The Balaban J connectivity index is 1.93. The Morgan fingerprint density at radius 1 is 1.31 bits per heavy atom. The van der Waals surface area contributed by atoms with E-state index in [4.69, 9.17) is 0 Å². The number of aliphatic hydroxyl groups is 1. The molecule has 0 bridgehead atoms. The first-order valence-electron chi connectivity index (χ1n) is 6.03. The van der Waals surface area contributed by atoms with Crippen molar-refractivity contribution in [3.63, 3.8) is 0 Å². The summed E-state index contributed by atoms with van der Waals surface area (Å²) < 4.78 is 0. The summed E-state index contributed by atoms with van der Waals surface area (Å²) in [6.07, 6.45) is 9.36. The van der Waals surface area contributed by atoms with Crippen molar-refractivity contribution in [2.45, 2.75) is 37.3 Å². The molecular formula is C12H17N3O. The zero-order valence-corrected chi connectivity index (χ0v) is 9.34. The third kappa shape index (κ3) is 1.44. The van der Waals surface area contributed by atoms with Crippen LogP contribution >= 0.6 is 0 Å². The van der Waals surface area contributed by atoms with E-state index in [1.807, 2.05) is 0 Å². The second-order valence-corrected chi connectivity index (χ2v) is 4.81. The van der Waals surface area contributed by atoms with Crippen LogP contribution in [0.3, 0.4) is 0 Å². The van der Waals surface area contributed by atoms with Crippen LogP contribution in [0.25, 0.3) is 0 Å². The number of hydrogen-bond donors (Lipinski definition) is 1. The molecule has 16 heavy (non-hydrogen) atoms. The van der Waals surface area contributed by atoms with Crippen molar-refractivity contribution in [2.75, 3.05) is 13.1 Å². The maximum absolute atomic E-state index is 10.8. The van der Waals surface area contributed by atoms with Crippen LogP contribution in [0.5, 0.6) is 0 Å². The largest absolute Gasteiger partial charge is 0.382 e. The summed E-state index contributed by atoms with van der Waals surface area (Å²) in [4.78, 5) is 10.8. The summed E-state index contributed by atoms with van der Waals surface area (Å²) >= 11 is 0. The predicted octanol–water partition coefficient (Wildman–Crippen LogP) is 0.922. The molecule has 0 amide bonds. The molecule has 1 aromatic rings. The first-order chi connectivity index (χ1) is 7.81. The number of hydrogen-bond acceptors (Lipinski definition) is 4. The highest BCUT2D eigenvalue weighted by atomic mass is 16.3. The van der Waals surface area contributed by atoms with Gasteiger partial charge >= 0.3 is 0 Å². The van der Waals surface area contributed by atoms with Crippen molar-refractivity contribution in [3.8, 4) is 0 Å². The Morgan fingerprint density at radius 2 is 2.25 bits per heavy atom. The molecule has 2 atom stereocenters. The Kier molecular flexibility index (Phi) is 2.41. The van der Waals surface area contributed by atoms with Gasteiger partial charge in [0.25, 0.3) is 0 Å². The minimum atomic E-state index is -0.769. The van der Waals surface area contributed by atoms with Crippen LogP contribution < -0.4 is 0 Å². The third-order valence-corrected chi connectivity index (χ3v) is 3.95. The van der Waals surface area contributed by atoms with Crippen molar-refractivity contribution in [1.82, 2.24) is 14.9 Å². The summed E-state index contributed by atoms with van der Waals surface area (Å²) in [7, 11) is 0. The highest BCUT2D eigenvalue weighted by Gasteiger charge is 2.48. The Bertz CT molecular complexity index is 370. The average Bonchev–Trinajstić information content (AvgIpc) is 2.71. The molecule has 0 spiro atoms. The number of aromatic nitrogens is 2. The van der Waals surface area contributed by atoms with E-state index >= 15 is 0 Å². The molecule has 1 aromatic heterocycles. The maximum Gasteiger partial charge on any atom is 0.125 e. The molecule has 1 N–H and O–H groups in total. The van der Waals surface area contributed by atoms with E-state index in [0.717, 1.165) is 31.6 Å². The zero-order chi connectivity index (χ0) is 11.0. The fourth-order valence-corrected chi connectivity index (χ4v) is 3.10. The van der Waals surface area contributed by atoms with Gasteiger partial charge < -0.3 is 5.11 Å². The van der Waals surface area contributed by atoms with Crippen LogP contribution in [0, 0.1) is 0 Å². The van der Waals surface area contributed by atoms with Crippen molar-refractivity contribution in [2.24, 2.45) is 0 Å². The summed E-state index contributed by atoms with van der Waals surface area (Å²) in [5.74, 6) is 0. The van der Waals surface area contributed by atoms with Crippen LogP contribution in [0.15, 0.2) is 18.6 Å². The molecule has 2 saturated heterocycles. The van der Waals surface area contributed by atoms with E-state index in [0.29, 0.717) is 0 Å². The smallest absolute Gasteiger partial charge is 0.125 e. The lowest BCUT2D eigenvalue weighted by Crippen LogP contribution is -2.45. The normalized spacial score (nSPS) is 34.9.